The zero-order valence-corrected chi connectivity index (χ0v) is 19.0. The smallest absolute Gasteiger partial charge is 0.316 e. The molecule has 0 atom stereocenters. The summed E-state index contributed by atoms with van der Waals surface area (Å²) in [5.41, 5.74) is 3.19. The fourth-order valence-corrected chi connectivity index (χ4v) is 6.31. The summed E-state index contributed by atoms with van der Waals surface area (Å²) in [5, 5.41) is 1.92. The number of hydrogen-bond acceptors (Lipinski definition) is 9. The Bertz CT molecular complexity index is 1140. The van der Waals surface area contributed by atoms with Gasteiger partial charge in [0.1, 0.15) is 22.0 Å². The standard InChI is InChI=1S/C21H24N4O3S2/c1-21(2)8-12-13(9-28-21)18(25-6-4-5-7-25)24-19-15(12)16-17(30-19)20(23-11-22-16)29-10-14(26)27-3/h11H,4-10H2,1-3H3. The van der Waals surface area contributed by atoms with Crippen molar-refractivity contribution < 1.29 is 14.3 Å². The predicted molar refractivity (Wildman–Crippen MR) is 119 cm³/mol. The molecule has 2 aliphatic rings. The summed E-state index contributed by atoms with van der Waals surface area (Å²) in [5.74, 6) is 1.02. The van der Waals surface area contributed by atoms with Gasteiger partial charge in [-0.25, -0.2) is 15.0 Å². The van der Waals surface area contributed by atoms with Crippen molar-refractivity contribution in [3.63, 3.8) is 0 Å². The summed E-state index contributed by atoms with van der Waals surface area (Å²) in [7, 11) is 1.40. The van der Waals surface area contributed by atoms with Gasteiger partial charge in [-0.1, -0.05) is 11.8 Å². The number of nitrogens with zero attached hydrogens (tertiary/aromatic N) is 4. The van der Waals surface area contributed by atoms with E-state index in [2.05, 4.69) is 28.7 Å². The number of pyridine rings is 1. The van der Waals surface area contributed by atoms with Crippen LogP contribution in [-0.4, -0.2) is 52.5 Å². The molecule has 0 unspecified atom stereocenters. The molecule has 0 spiro atoms. The SMILES string of the molecule is COC(=O)CSc1ncnc2c1sc1nc(N3CCCC3)c3c(c12)CC(C)(C)OC3. The van der Waals surface area contributed by atoms with Crippen LogP contribution in [0, 0.1) is 0 Å². The molecule has 158 valence electrons. The quantitative estimate of drug-likeness (QED) is 0.340. The number of carbonyl (C=O) groups excluding carboxylic acids is 1. The fraction of sp³-hybridized carbons (Fsp3) is 0.524. The highest BCUT2D eigenvalue weighted by Crippen LogP contribution is 2.44. The predicted octanol–water partition coefficient (Wildman–Crippen LogP) is 3.96. The van der Waals surface area contributed by atoms with Gasteiger partial charge in [-0.05, 0) is 32.3 Å². The Hall–Kier alpha value is -1.97. The summed E-state index contributed by atoms with van der Waals surface area (Å²) in [6.45, 7) is 6.93. The van der Waals surface area contributed by atoms with Crippen molar-refractivity contribution in [2.45, 2.75) is 50.3 Å². The van der Waals surface area contributed by atoms with E-state index in [4.69, 9.17) is 14.5 Å². The van der Waals surface area contributed by atoms with Crippen molar-refractivity contribution in [3.05, 3.63) is 17.5 Å². The van der Waals surface area contributed by atoms with Crippen molar-refractivity contribution in [2.75, 3.05) is 30.9 Å². The molecule has 0 amide bonds. The number of ether oxygens (including phenoxy) is 2. The number of fused-ring (bicyclic) bond motifs is 5. The van der Waals surface area contributed by atoms with Gasteiger partial charge in [0, 0.05) is 30.5 Å². The Labute approximate surface area is 183 Å². The van der Waals surface area contributed by atoms with Gasteiger partial charge in [0.05, 0.1) is 35.3 Å². The molecule has 5 heterocycles. The molecule has 0 N–H and O–H groups in total. The first-order valence-electron chi connectivity index (χ1n) is 10.1. The molecular formula is C21H24N4O3S2. The van der Waals surface area contributed by atoms with Crippen molar-refractivity contribution in [2.24, 2.45) is 0 Å². The molecule has 0 aromatic carbocycles. The number of thiophene rings is 1. The van der Waals surface area contributed by atoms with Crippen molar-refractivity contribution in [1.29, 1.82) is 0 Å². The summed E-state index contributed by atoms with van der Waals surface area (Å²) < 4.78 is 11.9. The van der Waals surface area contributed by atoms with Crippen LogP contribution in [0.2, 0.25) is 0 Å². The van der Waals surface area contributed by atoms with Gasteiger partial charge in [0.2, 0.25) is 0 Å². The summed E-state index contributed by atoms with van der Waals surface area (Å²) >= 11 is 3.00. The monoisotopic (exact) mass is 444 g/mol. The van der Waals surface area contributed by atoms with Gasteiger partial charge in [-0.15, -0.1) is 11.3 Å². The van der Waals surface area contributed by atoms with Gasteiger partial charge in [-0.3, -0.25) is 4.79 Å². The molecule has 0 bridgehead atoms. The first kappa shape index (κ1) is 20.0. The first-order chi connectivity index (χ1) is 14.5. The molecule has 9 heteroatoms. The summed E-state index contributed by atoms with van der Waals surface area (Å²) in [4.78, 5) is 29.2. The van der Waals surface area contributed by atoms with E-state index in [9.17, 15) is 4.79 Å². The fourth-order valence-electron chi connectivity index (χ4n) is 4.25. The van der Waals surface area contributed by atoms with Crippen LogP contribution in [0.25, 0.3) is 20.4 Å². The van der Waals surface area contributed by atoms with E-state index in [-0.39, 0.29) is 17.3 Å². The Balaban J connectivity index is 1.71. The van der Waals surface area contributed by atoms with Gasteiger partial charge >= 0.3 is 5.97 Å². The molecule has 0 saturated carbocycles. The zero-order valence-electron chi connectivity index (χ0n) is 17.4. The lowest BCUT2D eigenvalue weighted by atomic mass is 9.90. The second-order valence-electron chi connectivity index (χ2n) is 8.32. The average Bonchev–Trinajstić information content (AvgIpc) is 3.38. The van der Waals surface area contributed by atoms with Crippen LogP contribution in [0.1, 0.15) is 37.8 Å². The Kier molecular flexibility index (Phi) is 5.07. The third-order valence-corrected chi connectivity index (χ3v) is 7.91. The van der Waals surface area contributed by atoms with Crippen LogP contribution in [-0.2, 0) is 27.3 Å². The maximum atomic E-state index is 11.6. The molecule has 5 rings (SSSR count). The highest BCUT2D eigenvalue weighted by Gasteiger charge is 2.33. The van der Waals surface area contributed by atoms with Gasteiger partial charge in [-0.2, -0.15) is 0 Å². The lowest BCUT2D eigenvalue weighted by Crippen LogP contribution is -2.33. The molecule has 1 saturated heterocycles. The number of esters is 1. The Morgan fingerprint density at radius 1 is 1.30 bits per heavy atom. The molecule has 0 aliphatic carbocycles. The second kappa shape index (κ2) is 7.62. The molecule has 2 aliphatic heterocycles. The number of anilines is 1. The van der Waals surface area contributed by atoms with Crippen molar-refractivity contribution in [1.82, 2.24) is 15.0 Å². The highest BCUT2D eigenvalue weighted by molar-refractivity contribution is 8.00. The topological polar surface area (TPSA) is 77.4 Å². The number of methoxy groups -OCH3 is 1. The van der Waals surface area contributed by atoms with E-state index in [1.54, 1.807) is 17.7 Å². The highest BCUT2D eigenvalue weighted by atomic mass is 32.2. The zero-order chi connectivity index (χ0) is 20.9. The maximum absolute atomic E-state index is 11.6. The van der Waals surface area contributed by atoms with Crippen LogP contribution >= 0.6 is 23.1 Å². The Morgan fingerprint density at radius 3 is 2.87 bits per heavy atom. The molecule has 7 nitrogen and oxygen atoms in total. The molecule has 30 heavy (non-hydrogen) atoms. The van der Waals surface area contributed by atoms with E-state index in [1.807, 2.05) is 0 Å². The van der Waals surface area contributed by atoms with Crippen LogP contribution in [0.15, 0.2) is 11.4 Å². The molecule has 0 radical (unpaired) electrons. The van der Waals surface area contributed by atoms with Crippen LogP contribution < -0.4 is 4.90 Å². The normalized spacial score (nSPS) is 18.2. The lowest BCUT2D eigenvalue weighted by Gasteiger charge is -2.34. The third kappa shape index (κ3) is 3.42. The first-order valence-corrected chi connectivity index (χ1v) is 11.9. The van der Waals surface area contributed by atoms with E-state index in [1.165, 1.54) is 42.8 Å². The van der Waals surface area contributed by atoms with Crippen molar-refractivity contribution in [3.8, 4) is 0 Å². The summed E-state index contributed by atoms with van der Waals surface area (Å²) in [6.07, 6.45) is 4.81. The lowest BCUT2D eigenvalue weighted by molar-refractivity contribution is -0.137. The molecule has 1 fully saturated rings. The van der Waals surface area contributed by atoms with Gasteiger partial charge in [0.25, 0.3) is 0 Å². The Morgan fingerprint density at radius 2 is 2.10 bits per heavy atom. The van der Waals surface area contributed by atoms with Crippen LogP contribution in [0.4, 0.5) is 5.82 Å². The number of hydrogen-bond donors (Lipinski definition) is 0. The minimum atomic E-state index is -0.265. The van der Waals surface area contributed by atoms with E-state index in [0.717, 1.165) is 50.8 Å². The van der Waals surface area contributed by atoms with E-state index >= 15 is 0 Å². The number of rotatable bonds is 4. The maximum Gasteiger partial charge on any atom is 0.316 e. The molecule has 3 aromatic heterocycles. The minimum absolute atomic E-state index is 0.224. The van der Waals surface area contributed by atoms with Crippen LogP contribution in [0.3, 0.4) is 0 Å². The minimum Gasteiger partial charge on any atom is -0.468 e. The largest absolute Gasteiger partial charge is 0.468 e. The van der Waals surface area contributed by atoms with E-state index in [0.29, 0.717) is 6.61 Å². The average molecular weight is 445 g/mol. The summed E-state index contributed by atoms with van der Waals surface area (Å²) in [6, 6.07) is 0. The van der Waals surface area contributed by atoms with Gasteiger partial charge < -0.3 is 14.4 Å². The number of carbonyl (C=O) groups is 1. The molecular weight excluding hydrogens is 420 g/mol. The number of aromatic nitrogens is 3. The molecule has 3 aromatic rings. The van der Waals surface area contributed by atoms with Crippen molar-refractivity contribution >= 4 is 55.3 Å². The van der Waals surface area contributed by atoms with E-state index < -0.39 is 0 Å². The number of thioether (sulfide) groups is 1. The second-order valence-corrected chi connectivity index (χ2v) is 10.3. The van der Waals surface area contributed by atoms with Crippen LogP contribution in [0.5, 0.6) is 0 Å². The van der Waals surface area contributed by atoms with Gasteiger partial charge in [0.15, 0.2) is 0 Å². The third-order valence-electron chi connectivity index (χ3n) is 5.73.